The summed E-state index contributed by atoms with van der Waals surface area (Å²) < 4.78 is 54.2. The predicted molar refractivity (Wildman–Crippen MR) is 115 cm³/mol. The Morgan fingerprint density at radius 1 is 1.24 bits per heavy atom. The van der Waals surface area contributed by atoms with E-state index in [4.69, 9.17) is 9.47 Å². The van der Waals surface area contributed by atoms with E-state index in [-0.39, 0.29) is 24.7 Å². The highest BCUT2D eigenvalue weighted by molar-refractivity contribution is 5.89. The van der Waals surface area contributed by atoms with Gasteiger partial charge in [-0.05, 0) is 57.4 Å². The molecule has 1 aliphatic rings. The third kappa shape index (κ3) is 6.34. The Balaban J connectivity index is 1.76. The van der Waals surface area contributed by atoms with Crippen molar-refractivity contribution in [2.24, 2.45) is 0 Å². The van der Waals surface area contributed by atoms with Crippen LogP contribution in [0.5, 0.6) is 5.75 Å². The third-order valence-corrected chi connectivity index (χ3v) is 5.15. The van der Waals surface area contributed by atoms with Crippen LogP contribution in [0.1, 0.15) is 51.9 Å². The van der Waals surface area contributed by atoms with Crippen LogP contribution in [0.25, 0.3) is 0 Å². The fourth-order valence-corrected chi connectivity index (χ4v) is 3.71. The van der Waals surface area contributed by atoms with Gasteiger partial charge < -0.3 is 14.2 Å². The summed E-state index contributed by atoms with van der Waals surface area (Å²) in [6.07, 6.45) is 1.07. The molecule has 1 saturated heterocycles. The SMILES string of the molecule is C[C@H](Cc1nccc(N2C(=O)OC[C@@H]2[C@@H](C)OC(C)(C)C)n1)c1ccc(OC(F)F)c(F)c1. The van der Waals surface area contributed by atoms with Crippen LogP contribution in [0.15, 0.2) is 30.5 Å². The number of hydrogen-bond acceptors (Lipinski definition) is 6. The minimum Gasteiger partial charge on any atom is -0.447 e. The minimum absolute atomic E-state index is 0.179. The van der Waals surface area contributed by atoms with Gasteiger partial charge in [-0.2, -0.15) is 8.78 Å². The van der Waals surface area contributed by atoms with E-state index in [9.17, 15) is 18.0 Å². The number of rotatable bonds is 8. The second kappa shape index (κ2) is 9.94. The van der Waals surface area contributed by atoms with Crippen molar-refractivity contribution in [2.45, 2.75) is 71.3 Å². The summed E-state index contributed by atoms with van der Waals surface area (Å²) >= 11 is 0. The Hall–Kier alpha value is -2.88. The molecule has 0 unspecified atom stereocenters. The van der Waals surface area contributed by atoms with Gasteiger partial charge in [0.1, 0.15) is 24.3 Å². The molecule has 1 aromatic carbocycles. The molecule has 0 saturated carbocycles. The second-order valence-electron chi connectivity index (χ2n) is 8.95. The van der Waals surface area contributed by atoms with E-state index in [1.54, 1.807) is 12.3 Å². The quantitative estimate of drug-likeness (QED) is 0.538. The first-order valence-corrected chi connectivity index (χ1v) is 10.6. The van der Waals surface area contributed by atoms with Gasteiger partial charge in [-0.15, -0.1) is 0 Å². The Morgan fingerprint density at radius 2 is 1.97 bits per heavy atom. The molecule has 1 aliphatic heterocycles. The number of ether oxygens (including phenoxy) is 3. The molecule has 1 amide bonds. The van der Waals surface area contributed by atoms with E-state index < -0.39 is 29.9 Å². The van der Waals surface area contributed by atoms with Gasteiger partial charge in [-0.25, -0.2) is 19.2 Å². The van der Waals surface area contributed by atoms with Gasteiger partial charge in [-0.3, -0.25) is 4.90 Å². The molecule has 180 valence electrons. The zero-order valence-electron chi connectivity index (χ0n) is 19.2. The number of nitrogens with zero attached hydrogens (tertiary/aromatic N) is 3. The van der Waals surface area contributed by atoms with E-state index in [0.29, 0.717) is 23.6 Å². The van der Waals surface area contributed by atoms with Crippen molar-refractivity contribution in [1.29, 1.82) is 0 Å². The van der Waals surface area contributed by atoms with Crippen LogP contribution in [0.4, 0.5) is 23.8 Å². The van der Waals surface area contributed by atoms with E-state index in [1.807, 2.05) is 34.6 Å². The smallest absolute Gasteiger partial charge is 0.416 e. The first kappa shape index (κ1) is 24.8. The molecule has 3 atom stereocenters. The number of hydrogen-bond donors (Lipinski definition) is 0. The number of aromatic nitrogens is 2. The van der Waals surface area contributed by atoms with Gasteiger partial charge in [0, 0.05) is 12.6 Å². The summed E-state index contributed by atoms with van der Waals surface area (Å²) in [6.45, 7) is 6.60. The highest BCUT2D eigenvalue weighted by Crippen LogP contribution is 2.28. The first-order valence-electron chi connectivity index (χ1n) is 10.6. The number of amides is 1. The molecule has 2 aromatic rings. The molecule has 0 N–H and O–H groups in total. The monoisotopic (exact) mass is 467 g/mol. The van der Waals surface area contributed by atoms with E-state index >= 15 is 0 Å². The van der Waals surface area contributed by atoms with Crippen LogP contribution in [0, 0.1) is 5.82 Å². The lowest BCUT2D eigenvalue weighted by Crippen LogP contribution is -2.45. The number of carbonyl (C=O) groups is 1. The standard InChI is InChI=1S/C23H28F3N3O4/c1-13(15-6-7-18(16(24)11-15)32-21(25)26)10-19-27-9-8-20(28-19)29-17(12-31-22(29)30)14(2)33-23(3,4)5/h6-9,11,13-14,17,21H,10,12H2,1-5H3/t13-,14-,17-/m1/s1. The number of halogens is 3. The summed E-state index contributed by atoms with van der Waals surface area (Å²) in [4.78, 5) is 22.7. The summed E-state index contributed by atoms with van der Waals surface area (Å²) in [5.41, 5.74) is 0.183. The molecule has 2 heterocycles. The van der Waals surface area contributed by atoms with Crippen LogP contribution in [-0.2, 0) is 15.9 Å². The average molecular weight is 467 g/mol. The first-order chi connectivity index (χ1) is 15.4. The van der Waals surface area contributed by atoms with Crippen molar-refractivity contribution < 1.29 is 32.2 Å². The van der Waals surface area contributed by atoms with Crippen molar-refractivity contribution in [2.75, 3.05) is 11.5 Å². The van der Waals surface area contributed by atoms with Crippen molar-refractivity contribution in [1.82, 2.24) is 9.97 Å². The highest BCUT2D eigenvalue weighted by Gasteiger charge is 2.40. The molecule has 1 fully saturated rings. The molecule has 0 spiro atoms. The summed E-state index contributed by atoms with van der Waals surface area (Å²) in [7, 11) is 0. The Labute approximate surface area is 190 Å². The average Bonchev–Trinajstić information content (AvgIpc) is 3.10. The van der Waals surface area contributed by atoms with Crippen LogP contribution in [-0.4, -0.2) is 47.0 Å². The van der Waals surface area contributed by atoms with E-state index in [1.165, 1.54) is 17.0 Å². The van der Waals surface area contributed by atoms with Crippen LogP contribution in [0.3, 0.4) is 0 Å². The molecule has 0 aliphatic carbocycles. The van der Waals surface area contributed by atoms with Crippen molar-refractivity contribution in [3.8, 4) is 5.75 Å². The highest BCUT2D eigenvalue weighted by atomic mass is 19.3. The molecule has 7 nitrogen and oxygen atoms in total. The Morgan fingerprint density at radius 3 is 2.61 bits per heavy atom. The number of benzene rings is 1. The maximum Gasteiger partial charge on any atom is 0.416 e. The fraction of sp³-hybridized carbons (Fsp3) is 0.522. The minimum atomic E-state index is -3.10. The van der Waals surface area contributed by atoms with Gasteiger partial charge >= 0.3 is 12.7 Å². The molecule has 10 heteroatoms. The zero-order chi connectivity index (χ0) is 24.3. The van der Waals surface area contributed by atoms with E-state index in [2.05, 4.69) is 14.7 Å². The lowest BCUT2D eigenvalue weighted by atomic mass is 9.97. The summed E-state index contributed by atoms with van der Waals surface area (Å²) in [5.74, 6) is -0.777. The number of anilines is 1. The molecule has 1 aromatic heterocycles. The van der Waals surface area contributed by atoms with Gasteiger partial charge in [0.2, 0.25) is 0 Å². The second-order valence-corrected chi connectivity index (χ2v) is 8.95. The van der Waals surface area contributed by atoms with Crippen molar-refractivity contribution in [3.05, 3.63) is 47.7 Å². The fourth-order valence-electron chi connectivity index (χ4n) is 3.71. The van der Waals surface area contributed by atoms with Crippen LogP contribution >= 0.6 is 0 Å². The Bertz CT molecular complexity index is 984. The van der Waals surface area contributed by atoms with Crippen LogP contribution in [0.2, 0.25) is 0 Å². The maximum atomic E-state index is 14.1. The topological polar surface area (TPSA) is 73.8 Å². The number of alkyl halides is 2. The zero-order valence-corrected chi connectivity index (χ0v) is 19.2. The third-order valence-electron chi connectivity index (χ3n) is 5.15. The normalized spacial score (nSPS) is 18.4. The molecule has 33 heavy (non-hydrogen) atoms. The largest absolute Gasteiger partial charge is 0.447 e. The lowest BCUT2D eigenvalue weighted by molar-refractivity contribution is -0.0618. The van der Waals surface area contributed by atoms with Gasteiger partial charge in [0.25, 0.3) is 0 Å². The molecule has 0 radical (unpaired) electrons. The van der Waals surface area contributed by atoms with Gasteiger partial charge in [-0.1, -0.05) is 13.0 Å². The number of carbonyl (C=O) groups excluding carboxylic acids is 1. The van der Waals surface area contributed by atoms with Crippen LogP contribution < -0.4 is 9.64 Å². The Kier molecular flexibility index (Phi) is 7.46. The summed E-state index contributed by atoms with van der Waals surface area (Å²) in [6, 6.07) is 5.12. The molecule has 3 rings (SSSR count). The lowest BCUT2D eigenvalue weighted by Gasteiger charge is -2.31. The van der Waals surface area contributed by atoms with Crippen molar-refractivity contribution >= 4 is 11.9 Å². The predicted octanol–water partition coefficient (Wildman–Crippen LogP) is 5.09. The van der Waals surface area contributed by atoms with Gasteiger partial charge in [0.05, 0.1) is 11.7 Å². The van der Waals surface area contributed by atoms with Gasteiger partial charge in [0.15, 0.2) is 11.6 Å². The van der Waals surface area contributed by atoms with Crippen molar-refractivity contribution in [3.63, 3.8) is 0 Å². The molecular weight excluding hydrogens is 439 g/mol. The van der Waals surface area contributed by atoms with E-state index in [0.717, 1.165) is 6.07 Å². The molecular formula is C23H28F3N3O4. The summed E-state index contributed by atoms with van der Waals surface area (Å²) in [5, 5.41) is 0. The maximum absolute atomic E-state index is 14.1. The number of cyclic esters (lactones) is 1. The molecule has 0 bridgehead atoms.